The van der Waals surface area contributed by atoms with Gasteiger partial charge in [-0.25, -0.2) is 5.10 Å². The first-order valence-corrected chi connectivity index (χ1v) is 10.3. The third-order valence-corrected chi connectivity index (χ3v) is 4.85. The summed E-state index contributed by atoms with van der Waals surface area (Å²) in [4.78, 5) is 14.6. The van der Waals surface area contributed by atoms with Gasteiger partial charge >= 0.3 is 0 Å². The van der Waals surface area contributed by atoms with E-state index in [9.17, 15) is 4.79 Å². The molecule has 0 unspecified atom stereocenters. The van der Waals surface area contributed by atoms with Crippen LogP contribution in [0.4, 0.5) is 0 Å². The van der Waals surface area contributed by atoms with E-state index in [-0.39, 0.29) is 5.91 Å². The summed E-state index contributed by atoms with van der Waals surface area (Å²) in [7, 11) is 0. The number of H-pyrrole nitrogens is 1. The average molecular weight is 392 g/mol. The molecule has 1 aromatic heterocycles. The highest BCUT2D eigenvalue weighted by Gasteiger charge is 2.15. The first kappa shape index (κ1) is 20.7. The smallest absolute Gasteiger partial charge is 0.222 e. The van der Waals surface area contributed by atoms with Crippen LogP contribution >= 0.6 is 0 Å². The number of aromatic nitrogens is 4. The number of aromatic amines is 1. The molecule has 0 saturated carbocycles. The van der Waals surface area contributed by atoms with Crippen LogP contribution in [-0.2, 0) is 11.3 Å². The van der Waals surface area contributed by atoms with E-state index in [1.165, 1.54) is 0 Å². The van der Waals surface area contributed by atoms with Crippen LogP contribution in [0.2, 0.25) is 0 Å². The fourth-order valence-corrected chi connectivity index (χ4v) is 3.41. The van der Waals surface area contributed by atoms with E-state index in [1.807, 2.05) is 23.1 Å². The van der Waals surface area contributed by atoms with Crippen molar-refractivity contribution in [2.45, 2.75) is 46.6 Å². The molecule has 0 aliphatic carbocycles. The Hall–Kier alpha value is -3.02. The van der Waals surface area contributed by atoms with Gasteiger partial charge in [-0.15, -0.1) is 5.10 Å². The number of carbonyl (C=O) groups excluding carboxylic acids is 1. The van der Waals surface area contributed by atoms with E-state index in [0.29, 0.717) is 24.7 Å². The average Bonchev–Trinajstić information content (AvgIpc) is 3.26. The third kappa shape index (κ3) is 5.50. The molecule has 6 heteroatoms. The van der Waals surface area contributed by atoms with Crippen molar-refractivity contribution in [2.24, 2.45) is 5.92 Å². The highest BCUT2D eigenvalue weighted by Crippen LogP contribution is 2.29. The number of unbranched alkanes of at least 4 members (excludes halogenated alkanes) is 1. The van der Waals surface area contributed by atoms with Gasteiger partial charge < -0.3 is 4.90 Å². The van der Waals surface area contributed by atoms with E-state index in [0.717, 1.165) is 41.6 Å². The van der Waals surface area contributed by atoms with Crippen molar-refractivity contribution >= 4 is 5.91 Å². The second kappa shape index (κ2) is 9.96. The maximum atomic E-state index is 12.6. The molecule has 0 aliphatic heterocycles. The van der Waals surface area contributed by atoms with Crippen LogP contribution in [0.5, 0.6) is 0 Å². The fourth-order valence-electron chi connectivity index (χ4n) is 3.41. The highest BCUT2D eigenvalue weighted by molar-refractivity contribution is 5.80. The van der Waals surface area contributed by atoms with Crippen LogP contribution < -0.4 is 0 Å². The Morgan fingerprint density at radius 3 is 2.41 bits per heavy atom. The van der Waals surface area contributed by atoms with Gasteiger partial charge in [0.2, 0.25) is 5.91 Å². The topological polar surface area (TPSA) is 74.8 Å². The molecule has 0 bridgehead atoms. The number of hydrogen-bond acceptors (Lipinski definition) is 4. The van der Waals surface area contributed by atoms with Crippen molar-refractivity contribution in [1.29, 1.82) is 0 Å². The summed E-state index contributed by atoms with van der Waals surface area (Å²) in [5.41, 5.74) is 4.25. The van der Waals surface area contributed by atoms with Gasteiger partial charge in [-0.1, -0.05) is 75.7 Å². The molecule has 1 N–H and O–H groups in total. The normalized spacial score (nSPS) is 11.0. The molecular weight excluding hydrogens is 362 g/mol. The van der Waals surface area contributed by atoms with E-state index in [1.54, 1.807) is 0 Å². The van der Waals surface area contributed by atoms with Crippen molar-refractivity contribution in [3.63, 3.8) is 0 Å². The molecule has 1 amide bonds. The maximum Gasteiger partial charge on any atom is 0.222 e. The number of rotatable bonds is 9. The number of tetrazole rings is 1. The Kier molecular flexibility index (Phi) is 7.11. The zero-order valence-electron chi connectivity index (χ0n) is 17.4. The lowest BCUT2D eigenvalue weighted by Gasteiger charge is -2.25. The molecule has 0 saturated heterocycles. The summed E-state index contributed by atoms with van der Waals surface area (Å²) >= 11 is 0. The minimum Gasteiger partial charge on any atom is -0.338 e. The Labute approximate surface area is 172 Å². The predicted molar refractivity (Wildman–Crippen MR) is 115 cm³/mol. The zero-order valence-corrected chi connectivity index (χ0v) is 17.4. The zero-order chi connectivity index (χ0) is 20.6. The van der Waals surface area contributed by atoms with Gasteiger partial charge in [-0.05, 0) is 39.5 Å². The van der Waals surface area contributed by atoms with Crippen LogP contribution in [0, 0.1) is 5.92 Å². The second-order valence-electron chi connectivity index (χ2n) is 7.76. The molecule has 2 aromatic carbocycles. The van der Waals surface area contributed by atoms with E-state index < -0.39 is 0 Å². The molecular formula is C23H29N5O. The van der Waals surface area contributed by atoms with Crippen molar-refractivity contribution < 1.29 is 4.79 Å². The molecule has 0 fully saturated rings. The molecule has 0 radical (unpaired) electrons. The van der Waals surface area contributed by atoms with E-state index >= 15 is 0 Å². The van der Waals surface area contributed by atoms with Crippen molar-refractivity contribution in [1.82, 2.24) is 25.5 Å². The van der Waals surface area contributed by atoms with Crippen LogP contribution in [0.25, 0.3) is 22.5 Å². The van der Waals surface area contributed by atoms with Gasteiger partial charge in [-0.2, -0.15) is 0 Å². The van der Waals surface area contributed by atoms with Gasteiger partial charge in [0.25, 0.3) is 0 Å². The minimum absolute atomic E-state index is 0.243. The molecule has 3 aromatic rings. The monoisotopic (exact) mass is 391 g/mol. The standard InChI is InChI=1S/C23H29N5O/c1-4-5-10-22(29)28(15-17(2)3)16-18-11-13-19(14-12-18)20-8-6-7-9-21(20)23-24-26-27-25-23/h6-9,11-14,17H,4-5,10,15-16H2,1-3H3,(H,24,25,26,27). The Bertz CT molecular complexity index is 903. The largest absolute Gasteiger partial charge is 0.338 e. The van der Waals surface area contributed by atoms with Crippen molar-refractivity contribution in [3.8, 4) is 22.5 Å². The summed E-state index contributed by atoms with van der Waals surface area (Å²) in [6, 6.07) is 16.4. The summed E-state index contributed by atoms with van der Waals surface area (Å²) in [6.45, 7) is 7.85. The quantitative estimate of drug-likeness (QED) is 0.573. The molecule has 152 valence electrons. The van der Waals surface area contributed by atoms with Crippen molar-refractivity contribution in [3.05, 3.63) is 54.1 Å². The first-order valence-electron chi connectivity index (χ1n) is 10.3. The number of benzene rings is 2. The molecule has 3 rings (SSSR count). The number of carbonyl (C=O) groups is 1. The maximum absolute atomic E-state index is 12.6. The molecule has 0 atom stereocenters. The Morgan fingerprint density at radius 2 is 1.79 bits per heavy atom. The number of nitrogens with one attached hydrogen (secondary N) is 1. The Balaban J connectivity index is 1.79. The number of hydrogen-bond donors (Lipinski definition) is 1. The lowest BCUT2D eigenvalue weighted by Crippen LogP contribution is -2.33. The summed E-state index contributed by atoms with van der Waals surface area (Å²) in [6.07, 6.45) is 2.61. The first-order chi connectivity index (χ1) is 14.1. The molecule has 6 nitrogen and oxygen atoms in total. The number of amides is 1. The van der Waals surface area contributed by atoms with Crippen LogP contribution in [0.3, 0.4) is 0 Å². The highest BCUT2D eigenvalue weighted by atomic mass is 16.2. The molecule has 1 heterocycles. The Morgan fingerprint density at radius 1 is 1.07 bits per heavy atom. The van der Waals surface area contributed by atoms with Crippen LogP contribution in [-0.4, -0.2) is 38.0 Å². The fraction of sp³-hybridized carbons (Fsp3) is 0.391. The van der Waals surface area contributed by atoms with Gasteiger partial charge in [0, 0.05) is 25.1 Å². The predicted octanol–water partition coefficient (Wildman–Crippen LogP) is 4.71. The van der Waals surface area contributed by atoms with Crippen LogP contribution in [0.15, 0.2) is 48.5 Å². The van der Waals surface area contributed by atoms with Gasteiger partial charge in [0.05, 0.1) is 0 Å². The second-order valence-corrected chi connectivity index (χ2v) is 7.76. The van der Waals surface area contributed by atoms with Crippen LogP contribution in [0.1, 0.15) is 45.6 Å². The minimum atomic E-state index is 0.243. The lowest BCUT2D eigenvalue weighted by molar-refractivity contribution is -0.132. The number of nitrogens with zero attached hydrogens (tertiary/aromatic N) is 4. The molecule has 0 spiro atoms. The summed E-state index contributed by atoms with van der Waals surface area (Å²) in [5, 5.41) is 14.2. The van der Waals surface area contributed by atoms with Gasteiger partial charge in [-0.3, -0.25) is 4.79 Å². The third-order valence-electron chi connectivity index (χ3n) is 4.85. The van der Waals surface area contributed by atoms with Crippen molar-refractivity contribution in [2.75, 3.05) is 6.54 Å². The van der Waals surface area contributed by atoms with E-state index in [2.05, 4.69) is 71.7 Å². The SMILES string of the molecule is CCCCC(=O)N(Cc1ccc(-c2ccccc2-c2nnn[nH]2)cc1)CC(C)C. The lowest BCUT2D eigenvalue weighted by atomic mass is 9.98. The molecule has 0 aliphatic rings. The summed E-state index contributed by atoms with van der Waals surface area (Å²) in [5.74, 6) is 1.34. The molecule has 29 heavy (non-hydrogen) atoms. The van der Waals surface area contributed by atoms with E-state index in [4.69, 9.17) is 0 Å². The van der Waals surface area contributed by atoms with Gasteiger partial charge in [0.15, 0.2) is 5.82 Å². The summed E-state index contributed by atoms with van der Waals surface area (Å²) < 4.78 is 0. The van der Waals surface area contributed by atoms with Gasteiger partial charge in [0.1, 0.15) is 0 Å².